The molecule has 0 bridgehead atoms. The molecule has 0 aromatic carbocycles. The van der Waals surface area contributed by atoms with Crippen LogP contribution >= 0.6 is 0 Å². The molecule has 1 saturated heterocycles. The number of allylic oxidation sites excluding steroid dienone is 1. The van der Waals surface area contributed by atoms with Crippen molar-refractivity contribution in [2.24, 2.45) is 5.73 Å². The van der Waals surface area contributed by atoms with Crippen LogP contribution in [0.3, 0.4) is 0 Å². The third-order valence-electron chi connectivity index (χ3n) is 1.87. The summed E-state index contributed by atoms with van der Waals surface area (Å²) in [4.78, 5) is 0. The molecule has 0 aromatic heterocycles. The van der Waals surface area contributed by atoms with Gasteiger partial charge < -0.3 is 10.5 Å². The van der Waals surface area contributed by atoms with Crippen LogP contribution in [0.15, 0.2) is 23.8 Å². The maximum atomic E-state index is 5.40. The molecule has 2 nitrogen and oxygen atoms in total. The molecule has 1 fully saturated rings. The summed E-state index contributed by atoms with van der Waals surface area (Å²) in [6, 6.07) is 0. The second kappa shape index (κ2) is 2.22. The molecule has 2 unspecified atom stereocenters. The van der Waals surface area contributed by atoms with E-state index < -0.39 is 0 Å². The van der Waals surface area contributed by atoms with E-state index in [0.29, 0.717) is 12.2 Å². The molecule has 0 spiro atoms. The Morgan fingerprint density at radius 3 is 3.10 bits per heavy atom. The molecular weight excluding hydrogens is 126 g/mol. The van der Waals surface area contributed by atoms with Crippen LogP contribution in [0.5, 0.6) is 0 Å². The largest absolute Gasteiger partial charge is 0.361 e. The van der Waals surface area contributed by atoms with E-state index in [4.69, 9.17) is 10.5 Å². The minimum absolute atomic E-state index is 0.381. The highest BCUT2D eigenvalue weighted by atomic mass is 16.6. The Morgan fingerprint density at radius 2 is 2.40 bits per heavy atom. The van der Waals surface area contributed by atoms with Gasteiger partial charge in [0.05, 0.1) is 0 Å². The molecule has 0 radical (unpaired) electrons. The minimum atomic E-state index is 0.381. The van der Waals surface area contributed by atoms with Gasteiger partial charge >= 0.3 is 0 Å². The topological polar surface area (TPSA) is 38.5 Å². The lowest BCUT2D eigenvalue weighted by Gasteiger charge is -2.00. The van der Waals surface area contributed by atoms with Crippen molar-refractivity contribution in [1.29, 1.82) is 0 Å². The Labute approximate surface area is 60.4 Å². The van der Waals surface area contributed by atoms with Crippen molar-refractivity contribution in [1.82, 2.24) is 0 Å². The molecule has 2 N–H and O–H groups in total. The van der Waals surface area contributed by atoms with Gasteiger partial charge in [-0.2, -0.15) is 0 Å². The van der Waals surface area contributed by atoms with E-state index in [2.05, 4.69) is 18.2 Å². The van der Waals surface area contributed by atoms with Crippen LogP contribution in [0.2, 0.25) is 0 Å². The highest BCUT2D eigenvalue weighted by Gasteiger charge is 2.36. The maximum absolute atomic E-state index is 5.40. The molecule has 0 amide bonds. The molecule has 1 aliphatic heterocycles. The van der Waals surface area contributed by atoms with Crippen LogP contribution in [-0.2, 0) is 4.74 Å². The van der Waals surface area contributed by atoms with Gasteiger partial charge in [0.25, 0.3) is 0 Å². The second-order valence-electron chi connectivity index (χ2n) is 2.70. The third kappa shape index (κ3) is 1.00. The van der Waals surface area contributed by atoms with Crippen molar-refractivity contribution in [3.63, 3.8) is 0 Å². The van der Waals surface area contributed by atoms with Crippen LogP contribution in [-0.4, -0.2) is 18.8 Å². The quantitative estimate of drug-likeness (QED) is 0.566. The maximum Gasteiger partial charge on any atom is 0.107 e. The Kier molecular flexibility index (Phi) is 1.36. The molecule has 2 rings (SSSR count). The molecule has 2 aliphatic rings. The lowest BCUT2D eigenvalue weighted by atomic mass is 10.0. The number of hydrogen-bond acceptors (Lipinski definition) is 2. The van der Waals surface area contributed by atoms with Gasteiger partial charge in [-0.1, -0.05) is 12.2 Å². The SMILES string of the molecule is NCCC1=CC2OC2C=C1. The zero-order valence-electron chi connectivity index (χ0n) is 5.79. The molecular formula is C8H11NO. The predicted octanol–water partition coefficient (Wildman–Crippen LogP) is 0.599. The molecule has 0 saturated carbocycles. The number of fused-ring (bicyclic) bond motifs is 1. The Hall–Kier alpha value is -0.600. The summed E-state index contributed by atoms with van der Waals surface area (Å²) in [5.74, 6) is 0. The van der Waals surface area contributed by atoms with E-state index in [-0.39, 0.29) is 0 Å². The summed E-state index contributed by atoms with van der Waals surface area (Å²) in [5.41, 5.74) is 6.72. The number of rotatable bonds is 2. The summed E-state index contributed by atoms with van der Waals surface area (Å²) in [5, 5.41) is 0. The highest BCUT2D eigenvalue weighted by Crippen LogP contribution is 2.30. The first-order chi connectivity index (χ1) is 4.90. The Morgan fingerprint density at radius 1 is 1.50 bits per heavy atom. The molecule has 10 heavy (non-hydrogen) atoms. The summed E-state index contributed by atoms with van der Waals surface area (Å²) < 4.78 is 5.25. The van der Waals surface area contributed by atoms with Crippen LogP contribution in [0.4, 0.5) is 0 Å². The van der Waals surface area contributed by atoms with Crippen molar-refractivity contribution in [2.45, 2.75) is 18.6 Å². The normalized spacial score (nSPS) is 35.1. The van der Waals surface area contributed by atoms with Crippen molar-refractivity contribution in [2.75, 3.05) is 6.54 Å². The lowest BCUT2D eigenvalue weighted by Crippen LogP contribution is -2.02. The second-order valence-corrected chi connectivity index (χ2v) is 2.70. The predicted molar refractivity (Wildman–Crippen MR) is 39.6 cm³/mol. The van der Waals surface area contributed by atoms with Crippen LogP contribution in [0.1, 0.15) is 6.42 Å². The average molecular weight is 137 g/mol. The van der Waals surface area contributed by atoms with Gasteiger partial charge in [-0.3, -0.25) is 0 Å². The molecule has 2 atom stereocenters. The first-order valence-corrected chi connectivity index (χ1v) is 3.64. The van der Waals surface area contributed by atoms with Crippen LogP contribution < -0.4 is 5.73 Å². The monoisotopic (exact) mass is 137 g/mol. The molecule has 0 aromatic rings. The lowest BCUT2D eigenvalue weighted by molar-refractivity contribution is 0.414. The fourth-order valence-electron chi connectivity index (χ4n) is 1.24. The van der Waals surface area contributed by atoms with Gasteiger partial charge in [-0.05, 0) is 24.6 Å². The first kappa shape index (κ1) is 6.13. The summed E-state index contributed by atoms with van der Waals surface area (Å²) in [6.45, 7) is 0.730. The molecule has 54 valence electrons. The number of epoxide rings is 1. The van der Waals surface area contributed by atoms with Gasteiger partial charge in [-0.15, -0.1) is 0 Å². The molecule has 1 heterocycles. The van der Waals surface area contributed by atoms with Crippen molar-refractivity contribution in [3.8, 4) is 0 Å². The zero-order valence-corrected chi connectivity index (χ0v) is 5.79. The van der Waals surface area contributed by atoms with Gasteiger partial charge in [0.2, 0.25) is 0 Å². The third-order valence-corrected chi connectivity index (χ3v) is 1.87. The standard InChI is InChI=1S/C8H11NO/c9-4-3-6-1-2-7-8(5-6)10-7/h1-2,5,7-8H,3-4,9H2. The van der Waals surface area contributed by atoms with Crippen molar-refractivity contribution >= 4 is 0 Å². The average Bonchev–Trinajstić information content (AvgIpc) is 2.66. The number of hydrogen-bond donors (Lipinski definition) is 1. The Balaban J connectivity index is 2.02. The first-order valence-electron chi connectivity index (χ1n) is 3.64. The van der Waals surface area contributed by atoms with E-state index >= 15 is 0 Å². The molecule has 1 aliphatic carbocycles. The van der Waals surface area contributed by atoms with E-state index in [1.165, 1.54) is 5.57 Å². The molecule has 2 heteroatoms. The highest BCUT2D eigenvalue weighted by molar-refractivity contribution is 5.31. The number of nitrogens with two attached hydrogens (primary N) is 1. The smallest absolute Gasteiger partial charge is 0.107 e. The Bertz CT molecular complexity index is 195. The van der Waals surface area contributed by atoms with E-state index in [0.717, 1.165) is 13.0 Å². The number of ether oxygens (including phenoxy) is 1. The summed E-state index contributed by atoms with van der Waals surface area (Å²) >= 11 is 0. The fourth-order valence-corrected chi connectivity index (χ4v) is 1.24. The van der Waals surface area contributed by atoms with Gasteiger partial charge in [0, 0.05) is 0 Å². The van der Waals surface area contributed by atoms with Crippen LogP contribution in [0, 0.1) is 0 Å². The minimum Gasteiger partial charge on any atom is -0.361 e. The van der Waals surface area contributed by atoms with E-state index in [1.54, 1.807) is 0 Å². The van der Waals surface area contributed by atoms with Gasteiger partial charge in [0.15, 0.2) is 0 Å². The van der Waals surface area contributed by atoms with Gasteiger partial charge in [-0.25, -0.2) is 0 Å². The fraction of sp³-hybridized carbons (Fsp3) is 0.500. The van der Waals surface area contributed by atoms with Crippen molar-refractivity contribution in [3.05, 3.63) is 23.8 Å². The van der Waals surface area contributed by atoms with Gasteiger partial charge in [0.1, 0.15) is 12.2 Å². The summed E-state index contributed by atoms with van der Waals surface area (Å²) in [6.07, 6.45) is 8.13. The zero-order chi connectivity index (χ0) is 6.97. The van der Waals surface area contributed by atoms with Crippen molar-refractivity contribution < 1.29 is 4.74 Å². The van der Waals surface area contributed by atoms with E-state index in [9.17, 15) is 0 Å². The summed E-state index contributed by atoms with van der Waals surface area (Å²) in [7, 11) is 0. The van der Waals surface area contributed by atoms with Crippen LogP contribution in [0.25, 0.3) is 0 Å². The van der Waals surface area contributed by atoms with E-state index in [1.807, 2.05) is 0 Å².